The first-order chi connectivity index (χ1) is 19.4. The first-order valence-corrected chi connectivity index (χ1v) is 16.2. The largest absolute Gasteiger partial charge is 0.416 e. The van der Waals surface area contributed by atoms with Gasteiger partial charge >= 0.3 is 6.18 Å². The summed E-state index contributed by atoms with van der Waals surface area (Å²) < 4.78 is 69.3. The fourth-order valence-electron chi connectivity index (χ4n) is 5.59. The second-order valence-corrected chi connectivity index (χ2v) is 13.9. The van der Waals surface area contributed by atoms with E-state index in [1.54, 1.807) is 43.3 Å². The average molecular weight is 607 g/mol. The van der Waals surface area contributed by atoms with Crippen LogP contribution in [0.5, 0.6) is 0 Å². The van der Waals surface area contributed by atoms with Crippen molar-refractivity contribution in [3.05, 3.63) is 86.6 Å². The molecule has 41 heavy (non-hydrogen) atoms. The van der Waals surface area contributed by atoms with Crippen molar-refractivity contribution < 1.29 is 31.1 Å². The molecule has 1 saturated heterocycles. The van der Waals surface area contributed by atoms with E-state index in [-0.39, 0.29) is 29.1 Å². The number of hydrogen-bond acceptors (Lipinski definition) is 6. The van der Waals surface area contributed by atoms with Gasteiger partial charge < -0.3 is 10.1 Å². The minimum absolute atomic E-state index is 0.0292. The monoisotopic (exact) mass is 606 g/mol. The highest BCUT2D eigenvalue weighted by Gasteiger charge is 2.43. The Morgan fingerprint density at radius 1 is 1.10 bits per heavy atom. The van der Waals surface area contributed by atoms with Crippen molar-refractivity contribution in [2.75, 3.05) is 25.4 Å². The Kier molecular flexibility index (Phi) is 8.35. The van der Waals surface area contributed by atoms with Gasteiger partial charge in [0, 0.05) is 30.6 Å². The van der Waals surface area contributed by atoms with Crippen LogP contribution in [0, 0.1) is 0 Å². The number of ether oxygens (including phenoxy) is 1. The van der Waals surface area contributed by atoms with E-state index in [4.69, 9.17) is 4.74 Å². The summed E-state index contributed by atoms with van der Waals surface area (Å²) in [6.07, 6.45) is -2.14. The number of amides is 1. The predicted octanol–water partition coefficient (Wildman–Crippen LogP) is 6.12. The standard InChI is InChI=1S/C30H33F3N2O4S2/c1-3-41(37,38)25-10-4-21(5-11-25)19-34-28(36)26-18-23-12-17-39-29(27(23)40-26)13-15-35(16-14-29)20(2)22-6-8-24(9-7-22)30(31,32)33/h4-11,18,20H,3,12-17,19H2,1-2H3,(H,34,36). The maximum atomic E-state index is 13.0. The van der Waals surface area contributed by atoms with Crippen LogP contribution in [0.4, 0.5) is 13.2 Å². The number of hydrogen-bond donors (Lipinski definition) is 1. The lowest BCUT2D eigenvalue weighted by atomic mass is 9.84. The van der Waals surface area contributed by atoms with E-state index in [2.05, 4.69) is 10.2 Å². The Balaban J connectivity index is 1.22. The van der Waals surface area contributed by atoms with E-state index in [0.717, 1.165) is 66.1 Å². The van der Waals surface area contributed by atoms with Gasteiger partial charge in [0.05, 0.1) is 27.7 Å². The highest BCUT2D eigenvalue weighted by Crippen LogP contribution is 2.46. The number of nitrogens with one attached hydrogen (secondary N) is 1. The van der Waals surface area contributed by atoms with Gasteiger partial charge in [0.15, 0.2) is 9.84 Å². The fraction of sp³-hybridized carbons (Fsp3) is 0.433. The molecule has 2 aliphatic rings. The molecule has 220 valence electrons. The van der Waals surface area contributed by atoms with Gasteiger partial charge in [-0.05, 0) is 73.2 Å². The molecule has 1 fully saturated rings. The van der Waals surface area contributed by atoms with Crippen LogP contribution in [0.25, 0.3) is 0 Å². The van der Waals surface area contributed by atoms with Crippen LogP contribution >= 0.6 is 11.3 Å². The molecule has 3 heterocycles. The van der Waals surface area contributed by atoms with Crippen molar-refractivity contribution in [2.24, 2.45) is 0 Å². The summed E-state index contributed by atoms with van der Waals surface area (Å²) in [6.45, 7) is 5.93. The maximum Gasteiger partial charge on any atom is 0.416 e. The molecule has 0 bridgehead atoms. The molecule has 1 amide bonds. The third-order valence-corrected chi connectivity index (χ3v) is 11.3. The molecule has 5 rings (SSSR count). The van der Waals surface area contributed by atoms with Gasteiger partial charge in [-0.3, -0.25) is 9.69 Å². The lowest BCUT2D eigenvalue weighted by Gasteiger charge is -2.45. The quantitative estimate of drug-likeness (QED) is 0.351. The molecule has 0 saturated carbocycles. The molecule has 2 aromatic carbocycles. The summed E-state index contributed by atoms with van der Waals surface area (Å²) in [6, 6.07) is 13.9. The average Bonchev–Trinajstić information content (AvgIpc) is 3.42. The van der Waals surface area contributed by atoms with Gasteiger partial charge in [0.1, 0.15) is 5.60 Å². The molecule has 1 aromatic heterocycles. The number of halogens is 3. The molecular weight excluding hydrogens is 573 g/mol. The van der Waals surface area contributed by atoms with Crippen molar-refractivity contribution in [3.8, 4) is 0 Å². The van der Waals surface area contributed by atoms with E-state index in [1.807, 2.05) is 13.0 Å². The molecule has 3 aromatic rings. The zero-order valence-electron chi connectivity index (χ0n) is 23.0. The molecule has 2 aliphatic heterocycles. The zero-order valence-corrected chi connectivity index (χ0v) is 24.6. The number of carbonyl (C=O) groups is 1. The molecule has 0 radical (unpaired) electrons. The Hall–Kier alpha value is -2.73. The van der Waals surface area contributed by atoms with Crippen LogP contribution in [0.1, 0.15) is 69.5 Å². The van der Waals surface area contributed by atoms with Crippen LogP contribution in [-0.4, -0.2) is 44.7 Å². The summed E-state index contributed by atoms with van der Waals surface area (Å²) in [5.74, 6) is -0.147. The predicted molar refractivity (Wildman–Crippen MR) is 152 cm³/mol. The Morgan fingerprint density at radius 3 is 2.37 bits per heavy atom. The third-order valence-electron chi connectivity index (χ3n) is 8.19. The molecule has 1 N–H and O–H groups in total. The van der Waals surface area contributed by atoms with Gasteiger partial charge in [-0.2, -0.15) is 13.2 Å². The molecular formula is C30H33F3N2O4S2. The SMILES string of the molecule is CCS(=O)(=O)c1ccc(CNC(=O)c2cc3c(s2)C2(CCN(C(C)c4ccc(C(F)(F)F)cc4)CC2)OCC3)cc1. The van der Waals surface area contributed by atoms with E-state index >= 15 is 0 Å². The minimum atomic E-state index is -4.35. The summed E-state index contributed by atoms with van der Waals surface area (Å²) in [4.78, 5) is 17.3. The molecule has 6 nitrogen and oxygen atoms in total. The summed E-state index contributed by atoms with van der Waals surface area (Å²) >= 11 is 1.46. The topological polar surface area (TPSA) is 75.7 Å². The highest BCUT2D eigenvalue weighted by molar-refractivity contribution is 7.91. The number of rotatable bonds is 7. The fourth-order valence-corrected chi connectivity index (χ4v) is 7.80. The van der Waals surface area contributed by atoms with Crippen LogP contribution in [0.2, 0.25) is 0 Å². The highest BCUT2D eigenvalue weighted by atomic mass is 32.2. The van der Waals surface area contributed by atoms with Crippen LogP contribution in [0.15, 0.2) is 59.5 Å². The number of thiophene rings is 1. The van der Waals surface area contributed by atoms with Gasteiger partial charge in [-0.15, -0.1) is 11.3 Å². The molecule has 1 unspecified atom stereocenters. The lowest BCUT2D eigenvalue weighted by molar-refractivity contribution is -0.137. The Morgan fingerprint density at radius 2 is 1.76 bits per heavy atom. The molecule has 0 aliphatic carbocycles. The van der Waals surface area contributed by atoms with E-state index in [9.17, 15) is 26.4 Å². The van der Waals surface area contributed by atoms with E-state index in [1.165, 1.54) is 11.3 Å². The summed E-state index contributed by atoms with van der Waals surface area (Å²) in [5, 5.41) is 2.94. The van der Waals surface area contributed by atoms with Crippen molar-refractivity contribution in [3.63, 3.8) is 0 Å². The number of nitrogens with zero attached hydrogens (tertiary/aromatic N) is 1. The normalized spacial score (nSPS) is 18.2. The van der Waals surface area contributed by atoms with Crippen LogP contribution in [0.3, 0.4) is 0 Å². The van der Waals surface area contributed by atoms with Gasteiger partial charge in [0.2, 0.25) is 0 Å². The van der Waals surface area contributed by atoms with Crippen LogP contribution < -0.4 is 5.32 Å². The van der Waals surface area contributed by atoms with Crippen molar-refractivity contribution in [1.29, 1.82) is 0 Å². The van der Waals surface area contributed by atoms with E-state index < -0.39 is 27.2 Å². The maximum absolute atomic E-state index is 13.0. The number of sulfone groups is 1. The number of alkyl halides is 3. The second-order valence-electron chi connectivity index (χ2n) is 10.6. The molecule has 1 spiro atoms. The van der Waals surface area contributed by atoms with Crippen LogP contribution in [-0.2, 0) is 39.3 Å². The Bertz CT molecular complexity index is 1490. The number of benzene rings is 2. The lowest BCUT2D eigenvalue weighted by Crippen LogP contribution is -2.46. The first-order valence-electron chi connectivity index (χ1n) is 13.7. The number of likely N-dealkylation sites (tertiary alicyclic amines) is 1. The van der Waals surface area contributed by atoms with Gasteiger partial charge in [0.25, 0.3) is 5.91 Å². The zero-order chi connectivity index (χ0) is 29.4. The number of carbonyl (C=O) groups excluding carboxylic acids is 1. The van der Waals surface area contributed by atoms with E-state index in [0.29, 0.717) is 11.5 Å². The van der Waals surface area contributed by atoms with Crippen molar-refractivity contribution >= 4 is 27.1 Å². The molecule has 11 heteroatoms. The number of piperidine rings is 1. The van der Waals surface area contributed by atoms with Crippen molar-refractivity contribution in [2.45, 2.75) is 62.4 Å². The van der Waals surface area contributed by atoms with Gasteiger partial charge in [-0.1, -0.05) is 31.2 Å². The molecule has 1 atom stereocenters. The summed E-state index contributed by atoms with van der Waals surface area (Å²) in [5.41, 5.74) is 1.67. The number of fused-ring (bicyclic) bond motifs is 2. The third kappa shape index (κ3) is 6.23. The smallest absolute Gasteiger partial charge is 0.369 e. The summed E-state index contributed by atoms with van der Waals surface area (Å²) in [7, 11) is -3.27. The van der Waals surface area contributed by atoms with Gasteiger partial charge in [-0.25, -0.2) is 8.42 Å². The minimum Gasteiger partial charge on any atom is -0.369 e. The Labute approximate surface area is 242 Å². The first kappa shape index (κ1) is 29.8. The van der Waals surface area contributed by atoms with Crippen molar-refractivity contribution in [1.82, 2.24) is 10.2 Å². The second kappa shape index (κ2) is 11.5.